The Kier molecular flexibility index (Phi) is 6.65. The van der Waals surface area contributed by atoms with Crippen LogP contribution in [0, 0.1) is 0 Å². The molecule has 0 aliphatic rings. The highest BCUT2D eigenvalue weighted by Crippen LogP contribution is 2.11. The van der Waals surface area contributed by atoms with Crippen LogP contribution >= 0.6 is 11.8 Å². The van der Waals surface area contributed by atoms with E-state index >= 15 is 0 Å². The van der Waals surface area contributed by atoms with Crippen LogP contribution in [0.4, 0.5) is 0 Å². The fourth-order valence-electron chi connectivity index (χ4n) is 1.62. The molecule has 1 rings (SSSR count). The van der Waals surface area contributed by atoms with E-state index in [1.807, 2.05) is 31.2 Å². The van der Waals surface area contributed by atoms with E-state index in [1.165, 1.54) is 0 Å². The van der Waals surface area contributed by atoms with Crippen LogP contribution in [0.2, 0.25) is 0 Å². The monoisotopic (exact) mass is 267 g/mol. The average molecular weight is 267 g/mol. The van der Waals surface area contributed by atoms with Crippen molar-refractivity contribution in [3.8, 4) is 5.75 Å². The van der Waals surface area contributed by atoms with E-state index in [4.69, 9.17) is 4.74 Å². The molecule has 1 aromatic carbocycles. The number of amides is 1. The quantitative estimate of drug-likeness (QED) is 0.825. The normalized spacial score (nSPS) is 11.9. The third kappa shape index (κ3) is 5.45. The van der Waals surface area contributed by atoms with Crippen LogP contribution < -0.4 is 10.1 Å². The van der Waals surface area contributed by atoms with E-state index in [9.17, 15) is 4.79 Å². The van der Waals surface area contributed by atoms with Crippen molar-refractivity contribution < 1.29 is 9.53 Å². The molecule has 0 fully saturated rings. The molecule has 1 N–H and O–H groups in total. The Bertz CT molecular complexity index is 365. The lowest BCUT2D eigenvalue weighted by atomic mass is 10.1. The molecule has 0 unspecified atom stereocenters. The predicted octanol–water partition coefficient (Wildman–Crippen LogP) is 2.50. The second kappa shape index (κ2) is 8.03. The van der Waals surface area contributed by atoms with Gasteiger partial charge in [0.15, 0.2) is 0 Å². The summed E-state index contributed by atoms with van der Waals surface area (Å²) in [5.74, 6) is 1.96. The van der Waals surface area contributed by atoms with Crippen LogP contribution in [-0.4, -0.2) is 31.1 Å². The van der Waals surface area contributed by atoms with Gasteiger partial charge in [-0.3, -0.25) is 4.79 Å². The minimum Gasteiger partial charge on any atom is -0.497 e. The molecule has 1 amide bonds. The largest absolute Gasteiger partial charge is 0.497 e. The lowest BCUT2D eigenvalue weighted by Gasteiger charge is -2.13. The van der Waals surface area contributed by atoms with Gasteiger partial charge >= 0.3 is 0 Å². The highest BCUT2D eigenvalue weighted by atomic mass is 32.2. The van der Waals surface area contributed by atoms with E-state index in [0.29, 0.717) is 6.42 Å². The SMILES string of the molecule is COc1ccc(CC(=O)N[C@@H](C)CCSC)cc1. The second-order valence-electron chi connectivity index (χ2n) is 4.27. The van der Waals surface area contributed by atoms with Crippen LogP contribution in [-0.2, 0) is 11.2 Å². The van der Waals surface area contributed by atoms with Crippen molar-refractivity contribution in [3.05, 3.63) is 29.8 Å². The Morgan fingerprint density at radius 2 is 2.06 bits per heavy atom. The van der Waals surface area contributed by atoms with Gasteiger partial charge in [-0.05, 0) is 43.0 Å². The Labute approximate surface area is 113 Å². The molecule has 18 heavy (non-hydrogen) atoms. The molecule has 4 heteroatoms. The van der Waals surface area contributed by atoms with Gasteiger partial charge in [0.05, 0.1) is 13.5 Å². The van der Waals surface area contributed by atoms with Crippen molar-refractivity contribution in [2.24, 2.45) is 0 Å². The standard InChI is InChI=1S/C14H21NO2S/c1-11(8-9-18-3)15-14(16)10-12-4-6-13(17-2)7-5-12/h4-7,11H,8-10H2,1-3H3,(H,15,16)/t11-/m0/s1. The number of thioether (sulfide) groups is 1. The Balaban J connectivity index is 2.39. The van der Waals surface area contributed by atoms with Gasteiger partial charge in [0.1, 0.15) is 5.75 Å². The molecule has 0 aliphatic heterocycles. The van der Waals surface area contributed by atoms with Gasteiger partial charge in [-0.2, -0.15) is 11.8 Å². The lowest BCUT2D eigenvalue weighted by molar-refractivity contribution is -0.121. The summed E-state index contributed by atoms with van der Waals surface area (Å²) in [4.78, 5) is 11.8. The summed E-state index contributed by atoms with van der Waals surface area (Å²) in [5, 5.41) is 3.01. The molecule has 0 heterocycles. The van der Waals surface area contributed by atoms with Crippen molar-refractivity contribution >= 4 is 17.7 Å². The number of nitrogens with one attached hydrogen (secondary N) is 1. The lowest BCUT2D eigenvalue weighted by Crippen LogP contribution is -2.34. The van der Waals surface area contributed by atoms with E-state index in [-0.39, 0.29) is 11.9 Å². The van der Waals surface area contributed by atoms with Gasteiger partial charge in [-0.15, -0.1) is 0 Å². The number of carbonyl (C=O) groups excluding carboxylic acids is 1. The maximum Gasteiger partial charge on any atom is 0.224 e. The van der Waals surface area contributed by atoms with Crippen molar-refractivity contribution in [3.63, 3.8) is 0 Å². The topological polar surface area (TPSA) is 38.3 Å². The number of methoxy groups -OCH3 is 1. The highest BCUT2D eigenvalue weighted by Gasteiger charge is 2.07. The third-order valence-electron chi connectivity index (χ3n) is 2.69. The van der Waals surface area contributed by atoms with Crippen LogP contribution in [0.1, 0.15) is 18.9 Å². The summed E-state index contributed by atoms with van der Waals surface area (Å²) in [5.41, 5.74) is 1.00. The molecule has 1 atom stereocenters. The molecule has 0 radical (unpaired) electrons. The Morgan fingerprint density at radius 3 is 2.61 bits per heavy atom. The van der Waals surface area contributed by atoms with Gasteiger partial charge in [0.25, 0.3) is 0 Å². The van der Waals surface area contributed by atoms with Crippen molar-refractivity contribution in [1.82, 2.24) is 5.32 Å². The molecular formula is C14H21NO2S. The first-order chi connectivity index (χ1) is 8.65. The summed E-state index contributed by atoms with van der Waals surface area (Å²) in [6, 6.07) is 7.83. The Morgan fingerprint density at radius 1 is 1.39 bits per heavy atom. The fourth-order valence-corrected chi connectivity index (χ4v) is 2.21. The highest BCUT2D eigenvalue weighted by molar-refractivity contribution is 7.98. The van der Waals surface area contributed by atoms with Crippen LogP contribution in [0.15, 0.2) is 24.3 Å². The molecule has 3 nitrogen and oxygen atoms in total. The van der Waals surface area contributed by atoms with Gasteiger partial charge < -0.3 is 10.1 Å². The number of benzene rings is 1. The number of carbonyl (C=O) groups is 1. The smallest absolute Gasteiger partial charge is 0.224 e. The maximum atomic E-state index is 11.8. The van der Waals surface area contributed by atoms with Crippen LogP contribution in [0.5, 0.6) is 5.75 Å². The summed E-state index contributed by atoms with van der Waals surface area (Å²) in [7, 11) is 1.63. The molecule has 100 valence electrons. The van der Waals surface area contributed by atoms with E-state index < -0.39 is 0 Å². The van der Waals surface area contributed by atoms with Crippen molar-refractivity contribution in [2.45, 2.75) is 25.8 Å². The second-order valence-corrected chi connectivity index (χ2v) is 5.26. The minimum atomic E-state index is 0.0776. The minimum absolute atomic E-state index is 0.0776. The van der Waals surface area contributed by atoms with E-state index in [2.05, 4.69) is 11.6 Å². The molecule has 0 aliphatic carbocycles. The fraction of sp³-hybridized carbons (Fsp3) is 0.500. The first kappa shape index (κ1) is 14.9. The summed E-state index contributed by atoms with van der Waals surface area (Å²) < 4.78 is 5.08. The zero-order valence-electron chi connectivity index (χ0n) is 11.2. The van der Waals surface area contributed by atoms with Crippen LogP contribution in [0.3, 0.4) is 0 Å². The number of hydrogen-bond acceptors (Lipinski definition) is 3. The summed E-state index contributed by atoms with van der Waals surface area (Å²) >= 11 is 1.80. The Hall–Kier alpha value is -1.16. The molecule has 0 aromatic heterocycles. The molecule has 0 saturated heterocycles. The van der Waals surface area contributed by atoms with Crippen molar-refractivity contribution in [2.75, 3.05) is 19.1 Å². The number of rotatable bonds is 7. The first-order valence-corrected chi connectivity index (χ1v) is 7.46. The predicted molar refractivity (Wildman–Crippen MR) is 77.3 cm³/mol. The molecule has 0 saturated carbocycles. The number of hydrogen-bond donors (Lipinski definition) is 1. The first-order valence-electron chi connectivity index (χ1n) is 6.07. The van der Waals surface area contributed by atoms with Gasteiger partial charge in [0.2, 0.25) is 5.91 Å². The van der Waals surface area contributed by atoms with Crippen LogP contribution in [0.25, 0.3) is 0 Å². The maximum absolute atomic E-state index is 11.8. The summed E-state index contributed by atoms with van der Waals surface area (Å²) in [6.07, 6.45) is 3.51. The van der Waals surface area contributed by atoms with Gasteiger partial charge in [-0.25, -0.2) is 0 Å². The molecule has 1 aromatic rings. The summed E-state index contributed by atoms with van der Waals surface area (Å²) in [6.45, 7) is 2.04. The third-order valence-corrected chi connectivity index (χ3v) is 3.33. The zero-order chi connectivity index (χ0) is 13.4. The molecule has 0 spiro atoms. The van der Waals surface area contributed by atoms with Gasteiger partial charge in [-0.1, -0.05) is 12.1 Å². The van der Waals surface area contributed by atoms with Gasteiger partial charge in [0, 0.05) is 6.04 Å². The van der Waals surface area contributed by atoms with E-state index in [1.54, 1.807) is 18.9 Å². The number of ether oxygens (including phenoxy) is 1. The molecular weight excluding hydrogens is 246 g/mol. The van der Waals surface area contributed by atoms with E-state index in [0.717, 1.165) is 23.5 Å². The van der Waals surface area contributed by atoms with Crippen molar-refractivity contribution in [1.29, 1.82) is 0 Å². The molecule has 0 bridgehead atoms. The average Bonchev–Trinajstić information content (AvgIpc) is 2.37. The zero-order valence-corrected chi connectivity index (χ0v) is 12.0.